The van der Waals surface area contributed by atoms with Crippen molar-refractivity contribution in [1.82, 2.24) is 0 Å². The summed E-state index contributed by atoms with van der Waals surface area (Å²) in [5.41, 5.74) is 0. The van der Waals surface area contributed by atoms with E-state index in [0.29, 0.717) is 6.42 Å². The second kappa shape index (κ2) is 6.39. The van der Waals surface area contributed by atoms with Crippen molar-refractivity contribution in [2.75, 3.05) is 6.61 Å². The van der Waals surface area contributed by atoms with Gasteiger partial charge in [-0.05, 0) is 6.42 Å². The zero-order chi connectivity index (χ0) is 9.40. The second-order valence-electron chi connectivity index (χ2n) is 2.10. The van der Waals surface area contributed by atoms with Crippen LogP contribution in [0.2, 0.25) is 0 Å². The van der Waals surface area contributed by atoms with Gasteiger partial charge in [0.05, 0.1) is 12.9 Å². The molecule has 0 bridgehead atoms. The Bertz CT molecular complexity index is 174. The van der Waals surface area contributed by atoms with Crippen LogP contribution in [0.1, 0.15) is 19.8 Å². The first-order chi connectivity index (χ1) is 5.66. The van der Waals surface area contributed by atoms with E-state index in [1.165, 1.54) is 6.92 Å². The number of carbonyl (C=O) groups is 2. The summed E-state index contributed by atoms with van der Waals surface area (Å²) in [6, 6.07) is 0. The number of esters is 2. The Morgan fingerprint density at radius 2 is 2.17 bits per heavy atom. The van der Waals surface area contributed by atoms with E-state index in [-0.39, 0.29) is 25.0 Å². The van der Waals surface area contributed by atoms with E-state index in [9.17, 15) is 9.59 Å². The van der Waals surface area contributed by atoms with Gasteiger partial charge < -0.3 is 9.47 Å². The van der Waals surface area contributed by atoms with Crippen LogP contribution in [0.3, 0.4) is 0 Å². The number of carbonyl (C=O) groups excluding carboxylic acids is 2. The smallest absolute Gasteiger partial charge is 0.310 e. The molecule has 0 spiro atoms. The molecule has 0 rings (SSSR count). The summed E-state index contributed by atoms with van der Waals surface area (Å²) < 4.78 is 9.03. The molecule has 12 heavy (non-hydrogen) atoms. The van der Waals surface area contributed by atoms with Crippen molar-refractivity contribution in [1.29, 1.82) is 0 Å². The maximum absolute atomic E-state index is 10.7. The molecular weight excluding hydrogens is 160 g/mol. The van der Waals surface area contributed by atoms with E-state index in [0.717, 1.165) is 6.26 Å². The topological polar surface area (TPSA) is 52.6 Å². The molecule has 0 aliphatic carbocycles. The maximum Gasteiger partial charge on any atom is 0.310 e. The average Bonchev–Trinajstić information content (AvgIpc) is 1.98. The first kappa shape index (κ1) is 10.7. The summed E-state index contributed by atoms with van der Waals surface area (Å²) in [5, 5.41) is 0. The predicted octanol–water partition coefficient (Wildman–Crippen LogP) is 1.02. The molecule has 0 aliphatic rings. The summed E-state index contributed by atoms with van der Waals surface area (Å²) in [6.07, 6.45) is 1.79. The van der Waals surface area contributed by atoms with Gasteiger partial charge in [-0.15, -0.1) is 0 Å². The molecule has 0 unspecified atom stereocenters. The fourth-order valence-electron chi connectivity index (χ4n) is 0.584. The molecule has 0 saturated carbocycles. The lowest BCUT2D eigenvalue weighted by atomic mass is 10.3. The molecule has 0 aromatic carbocycles. The normalized spacial score (nSPS) is 8.75. The van der Waals surface area contributed by atoms with Crippen LogP contribution in [-0.4, -0.2) is 18.5 Å². The molecule has 4 nitrogen and oxygen atoms in total. The first-order valence-electron chi connectivity index (χ1n) is 3.60. The van der Waals surface area contributed by atoms with Gasteiger partial charge in [-0.3, -0.25) is 9.59 Å². The predicted molar refractivity (Wildman–Crippen MR) is 42.2 cm³/mol. The van der Waals surface area contributed by atoms with Crippen LogP contribution >= 0.6 is 0 Å². The van der Waals surface area contributed by atoms with Gasteiger partial charge in [-0.2, -0.15) is 0 Å². The summed E-state index contributed by atoms with van der Waals surface area (Å²) in [5.74, 6) is -0.704. The molecule has 4 heteroatoms. The highest BCUT2D eigenvalue weighted by atomic mass is 16.5. The Labute approximate surface area is 71.2 Å². The van der Waals surface area contributed by atoms with Gasteiger partial charge in [-0.1, -0.05) is 6.58 Å². The minimum Gasteiger partial charge on any atom is -0.466 e. The van der Waals surface area contributed by atoms with Crippen LogP contribution in [0.5, 0.6) is 0 Å². The fraction of sp³-hybridized carbons (Fsp3) is 0.500. The van der Waals surface area contributed by atoms with Gasteiger partial charge >= 0.3 is 11.9 Å². The monoisotopic (exact) mass is 172 g/mol. The minimum atomic E-state index is -0.364. The Hall–Kier alpha value is -1.32. The van der Waals surface area contributed by atoms with E-state index >= 15 is 0 Å². The second-order valence-corrected chi connectivity index (χ2v) is 2.10. The zero-order valence-corrected chi connectivity index (χ0v) is 7.04. The first-order valence-corrected chi connectivity index (χ1v) is 3.60. The Morgan fingerprint density at radius 1 is 1.50 bits per heavy atom. The molecule has 0 amide bonds. The van der Waals surface area contributed by atoms with E-state index in [2.05, 4.69) is 16.1 Å². The van der Waals surface area contributed by atoms with Crippen molar-refractivity contribution in [3.8, 4) is 0 Å². The van der Waals surface area contributed by atoms with Crippen LogP contribution in [0.4, 0.5) is 0 Å². The molecular formula is C8H12O4. The van der Waals surface area contributed by atoms with Crippen LogP contribution in [0, 0.1) is 0 Å². The molecule has 0 N–H and O–H groups in total. The van der Waals surface area contributed by atoms with Crippen LogP contribution in [-0.2, 0) is 19.1 Å². The lowest BCUT2D eigenvalue weighted by molar-refractivity contribution is -0.143. The van der Waals surface area contributed by atoms with E-state index in [4.69, 9.17) is 0 Å². The van der Waals surface area contributed by atoms with Gasteiger partial charge in [0.25, 0.3) is 0 Å². The molecule has 0 saturated heterocycles. The maximum atomic E-state index is 10.7. The van der Waals surface area contributed by atoms with E-state index < -0.39 is 0 Å². The lowest BCUT2D eigenvalue weighted by Gasteiger charge is -2.00. The number of hydrogen-bond donors (Lipinski definition) is 0. The molecule has 68 valence electrons. The quantitative estimate of drug-likeness (QED) is 0.353. The third-order valence-electron chi connectivity index (χ3n) is 1.05. The summed E-state index contributed by atoms with van der Waals surface area (Å²) in [7, 11) is 0. The molecule has 0 aromatic rings. The fourth-order valence-corrected chi connectivity index (χ4v) is 0.584. The summed E-state index contributed by atoms with van der Waals surface area (Å²) in [6.45, 7) is 4.80. The van der Waals surface area contributed by atoms with Gasteiger partial charge in [-0.25, -0.2) is 0 Å². The van der Waals surface area contributed by atoms with E-state index in [1.807, 2.05) is 0 Å². The Balaban J connectivity index is 3.25. The SMILES string of the molecule is C=COC(=O)CCCOC(C)=O. The van der Waals surface area contributed by atoms with Gasteiger partial charge in [0.15, 0.2) is 0 Å². The number of rotatable bonds is 5. The molecule has 0 aromatic heterocycles. The van der Waals surface area contributed by atoms with Crippen LogP contribution in [0.15, 0.2) is 12.8 Å². The minimum absolute atomic E-state index is 0.235. The Morgan fingerprint density at radius 3 is 2.67 bits per heavy atom. The third kappa shape index (κ3) is 6.80. The van der Waals surface area contributed by atoms with Crippen molar-refractivity contribution < 1.29 is 19.1 Å². The summed E-state index contributed by atoms with van der Waals surface area (Å²) in [4.78, 5) is 20.9. The lowest BCUT2D eigenvalue weighted by Crippen LogP contribution is -2.04. The molecule has 0 atom stereocenters. The molecule has 0 fully saturated rings. The zero-order valence-electron chi connectivity index (χ0n) is 7.04. The van der Waals surface area contributed by atoms with Crippen LogP contribution in [0.25, 0.3) is 0 Å². The molecule has 0 heterocycles. The van der Waals surface area contributed by atoms with Gasteiger partial charge in [0, 0.05) is 13.3 Å². The molecule has 0 aliphatic heterocycles. The van der Waals surface area contributed by atoms with Gasteiger partial charge in [0.1, 0.15) is 0 Å². The van der Waals surface area contributed by atoms with Crippen molar-refractivity contribution in [2.45, 2.75) is 19.8 Å². The van der Waals surface area contributed by atoms with Crippen molar-refractivity contribution in [3.05, 3.63) is 12.8 Å². The van der Waals surface area contributed by atoms with Gasteiger partial charge in [0.2, 0.25) is 0 Å². The average molecular weight is 172 g/mol. The highest BCUT2D eigenvalue weighted by molar-refractivity contribution is 5.70. The number of ether oxygens (including phenoxy) is 2. The number of hydrogen-bond acceptors (Lipinski definition) is 4. The summed E-state index contributed by atoms with van der Waals surface area (Å²) >= 11 is 0. The standard InChI is InChI=1S/C8H12O4/c1-3-11-8(10)5-4-6-12-7(2)9/h3H,1,4-6H2,2H3. The molecule has 0 radical (unpaired) electrons. The van der Waals surface area contributed by atoms with E-state index in [1.54, 1.807) is 0 Å². The van der Waals surface area contributed by atoms with Crippen LogP contribution < -0.4 is 0 Å². The Kier molecular flexibility index (Phi) is 5.69. The van der Waals surface area contributed by atoms with Crippen molar-refractivity contribution >= 4 is 11.9 Å². The highest BCUT2D eigenvalue weighted by Crippen LogP contribution is 1.93. The highest BCUT2D eigenvalue weighted by Gasteiger charge is 2.00. The largest absolute Gasteiger partial charge is 0.466 e. The van der Waals surface area contributed by atoms with Crippen molar-refractivity contribution in [2.24, 2.45) is 0 Å². The third-order valence-corrected chi connectivity index (χ3v) is 1.05. The van der Waals surface area contributed by atoms with Crippen molar-refractivity contribution in [3.63, 3.8) is 0 Å².